The molecule has 4 aromatic rings. The van der Waals surface area contributed by atoms with Gasteiger partial charge >= 0.3 is 0 Å². The summed E-state index contributed by atoms with van der Waals surface area (Å²) in [6.45, 7) is 0. The Balaban J connectivity index is 1.84. The van der Waals surface area contributed by atoms with E-state index in [1.165, 1.54) is 36.3 Å². The maximum absolute atomic E-state index is 14.9. The summed E-state index contributed by atoms with van der Waals surface area (Å²) in [4.78, 5) is 28.1. The van der Waals surface area contributed by atoms with Gasteiger partial charge in [0.2, 0.25) is 5.76 Å². The standard InChI is InChI=1S/C24H15F2NO4/c1-30-15-6-4-5-14(12-15)27-21(16-7-2-3-8-18(16)26)20-22(28)17-11-13(25)9-10-19(17)31-23(20)24(27)29/h2-12,21H,1H3. The molecule has 1 aliphatic heterocycles. The Morgan fingerprint density at radius 2 is 1.77 bits per heavy atom. The van der Waals surface area contributed by atoms with Crippen molar-refractivity contribution < 1.29 is 22.7 Å². The van der Waals surface area contributed by atoms with Gasteiger partial charge in [-0.2, -0.15) is 0 Å². The highest BCUT2D eigenvalue weighted by atomic mass is 19.1. The largest absolute Gasteiger partial charge is 0.497 e. The Morgan fingerprint density at radius 1 is 0.968 bits per heavy atom. The van der Waals surface area contributed by atoms with Crippen LogP contribution in [-0.2, 0) is 0 Å². The average Bonchev–Trinajstić information content (AvgIpc) is 3.07. The summed E-state index contributed by atoms with van der Waals surface area (Å²) in [7, 11) is 1.49. The molecule has 5 nitrogen and oxygen atoms in total. The Labute approximate surface area is 175 Å². The van der Waals surface area contributed by atoms with Crippen LogP contribution >= 0.6 is 0 Å². The maximum atomic E-state index is 14.9. The first-order valence-corrected chi connectivity index (χ1v) is 9.48. The number of benzene rings is 3. The lowest BCUT2D eigenvalue weighted by Crippen LogP contribution is -2.30. The van der Waals surface area contributed by atoms with Gasteiger partial charge in [-0.05, 0) is 36.4 Å². The van der Waals surface area contributed by atoms with Crippen LogP contribution in [-0.4, -0.2) is 13.0 Å². The first-order valence-electron chi connectivity index (χ1n) is 9.48. The summed E-state index contributed by atoms with van der Waals surface area (Å²) in [5.74, 6) is -1.50. The molecule has 5 rings (SSSR count). The van der Waals surface area contributed by atoms with Crippen molar-refractivity contribution in [1.82, 2.24) is 0 Å². The number of fused-ring (bicyclic) bond motifs is 2. The van der Waals surface area contributed by atoms with Crippen LogP contribution in [0.15, 0.2) is 75.9 Å². The predicted octanol–water partition coefficient (Wildman–Crippen LogP) is 4.83. The lowest BCUT2D eigenvalue weighted by molar-refractivity contribution is 0.0971. The Morgan fingerprint density at radius 3 is 2.55 bits per heavy atom. The maximum Gasteiger partial charge on any atom is 0.295 e. The number of anilines is 1. The van der Waals surface area contributed by atoms with Gasteiger partial charge in [0.25, 0.3) is 5.91 Å². The van der Waals surface area contributed by atoms with Crippen molar-refractivity contribution in [3.63, 3.8) is 0 Å². The molecule has 1 aliphatic rings. The quantitative estimate of drug-likeness (QED) is 0.477. The van der Waals surface area contributed by atoms with Gasteiger partial charge in [-0.15, -0.1) is 0 Å². The fraction of sp³-hybridized carbons (Fsp3) is 0.0833. The van der Waals surface area contributed by atoms with E-state index < -0.39 is 29.0 Å². The topological polar surface area (TPSA) is 59.8 Å². The fourth-order valence-electron chi connectivity index (χ4n) is 3.96. The number of hydrogen-bond acceptors (Lipinski definition) is 4. The number of ether oxygens (including phenoxy) is 1. The summed E-state index contributed by atoms with van der Waals surface area (Å²) in [6, 6.07) is 15.0. The van der Waals surface area contributed by atoms with Gasteiger partial charge in [-0.25, -0.2) is 8.78 Å². The zero-order chi connectivity index (χ0) is 21.7. The normalized spacial score (nSPS) is 15.4. The van der Waals surface area contributed by atoms with Crippen LogP contribution in [0.2, 0.25) is 0 Å². The molecular weight excluding hydrogens is 404 g/mol. The average molecular weight is 419 g/mol. The van der Waals surface area contributed by atoms with Crippen LogP contribution in [0, 0.1) is 11.6 Å². The lowest BCUT2D eigenvalue weighted by atomic mass is 9.97. The third-order valence-electron chi connectivity index (χ3n) is 5.36. The minimum atomic E-state index is -1.08. The van der Waals surface area contributed by atoms with Gasteiger partial charge in [0.1, 0.15) is 23.0 Å². The number of amides is 1. The second-order valence-corrected chi connectivity index (χ2v) is 7.12. The van der Waals surface area contributed by atoms with Crippen molar-refractivity contribution in [3.8, 4) is 5.75 Å². The number of carbonyl (C=O) groups excluding carboxylic acids is 1. The third-order valence-corrected chi connectivity index (χ3v) is 5.36. The second-order valence-electron chi connectivity index (χ2n) is 7.12. The summed E-state index contributed by atoms with van der Waals surface area (Å²) in [5.41, 5.74) is -0.00356. The van der Waals surface area contributed by atoms with E-state index in [4.69, 9.17) is 9.15 Å². The van der Waals surface area contributed by atoms with Crippen molar-refractivity contribution in [2.75, 3.05) is 12.0 Å². The van der Waals surface area contributed by atoms with Crippen LogP contribution in [0.5, 0.6) is 5.75 Å². The molecule has 0 fully saturated rings. The van der Waals surface area contributed by atoms with Crippen LogP contribution in [0.4, 0.5) is 14.5 Å². The van der Waals surface area contributed by atoms with E-state index in [0.29, 0.717) is 11.4 Å². The van der Waals surface area contributed by atoms with E-state index in [-0.39, 0.29) is 27.9 Å². The molecule has 0 saturated carbocycles. The van der Waals surface area contributed by atoms with E-state index in [0.717, 1.165) is 12.1 Å². The highest BCUT2D eigenvalue weighted by Gasteiger charge is 2.44. The van der Waals surface area contributed by atoms with Gasteiger partial charge in [-0.3, -0.25) is 14.5 Å². The Kier molecular flexibility index (Phi) is 4.32. The second kappa shape index (κ2) is 7.05. The minimum absolute atomic E-state index is 0.0135. The molecule has 31 heavy (non-hydrogen) atoms. The van der Waals surface area contributed by atoms with E-state index >= 15 is 0 Å². The molecule has 2 heterocycles. The smallest absolute Gasteiger partial charge is 0.295 e. The van der Waals surface area contributed by atoms with Crippen molar-refractivity contribution in [2.24, 2.45) is 0 Å². The molecule has 0 radical (unpaired) electrons. The molecule has 0 bridgehead atoms. The molecule has 1 amide bonds. The Bertz CT molecular complexity index is 1410. The van der Waals surface area contributed by atoms with Gasteiger partial charge in [0.05, 0.1) is 24.1 Å². The van der Waals surface area contributed by atoms with Gasteiger partial charge < -0.3 is 9.15 Å². The highest BCUT2D eigenvalue weighted by molar-refractivity contribution is 6.10. The molecule has 0 aliphatic carbocycles. The van der Waals surface area contributed by atoms with Crippen molar-refractivity contribution in [2.45, 2.75) is 6.04 Å². The number of carbonyl (C=O) groups is 1. The third kappa shape index (κ3) is 2.89. The molecule has 1 aromatic heterocycles. The van der Waals surface area contributed by atoms with E-state index in [1.807, 2.05) is 0 Å². The number of methoxy groups -OCH3 is 1. The molecule has 3 aromatic carbocycles. The first kappa shape index (κ1) is 19.0. The highest BCUT2D eigenvalue weighted by Crippen LogP contribution is 2.42. The minimum Gasteiger partial charge on any atom is -0.497 e. The summed E-state index contributed by atoms with van der Waals surface area (Å²) in [6.07, 6.45) is 0. The molecular formula is C24H15F2NO4. The van der Waals surface area contributed by atoms with Gasteiger partial charge in [0.15, 0.2) is 5.43 Å². The van der Waals surface area contributed by atoms with E-state index in [2.05, 4.69) is 0 Å². The molecule has 0 N–H and O–H groups in total. The molecule has 0 spiro atoms. The van der Waals surface area contributed by atoms with Crippen LogP contribution in [0.3, 0.4) is 0 Å². The predicted molar refractivity (Wildman–Crippen MR) is 110 cm³/mol. The molecule has 7 heteroatoms. The van der Waals surface area contributed by atoms with Crippen molar-refractivity contribution >= 4 is 22.6 Å². The van der Waals surface area contributed by atoms with Crippen molar-refractivity contribution in [3.05, 3.63) is 105 Å². The molecule has 154 valence electrons. The summed E-state index contributed by atoms with van der Waals surface area (Å²) >= 11 is 0. The molecule has 0 saturated heterocycles. The monoisotopic (exact) mass is 419 g/mol. The van der Waals surface area contributed by atoms with Gasteiger partial charge in [-0.1, -0.05) is 24.3 Å². The SMILES string of the molecule is COc1cccc(N2C(=O)c3oc4ccc(F)cc4c(=O)c3C2c2ccccc2F)c1. The zero-order valence-electron chi connectivity index (χ0n) is 16.3. The molecule has 1 atom stereocenters. The van der Waals surface area contributed by atoms with E-state index in [9.17, 15) is 18.4 Å². The zero-order valence-corrected chi connectivity index (χ0v) is 16.3. The summed E-state index contributed by atoms with van der Waals surface area (Å²) in [5, 5.41) is -0.0135. The first-order chi connectivity index (χ1) is 15.0. The van der Waals surface area contributed by atoms with Crippen molar-refractivity contribution in [1.29, 1.82) is 0 Å². The lowest BCUT2D eigenvalue weighted by Gasteiger charge is -2.25. The van der Waals surface area contributed by atoms with Crippen LogP contribution in [0.1, 0.15) is 27.7 Å². The fourth-order valence-corrected chi connectivity index (χ4v) is 3.96. The van der Waals surface area contributed by atoms with E-state index in [1.54, 1.807) is 30.3 Å². The van der Waals surface area contributed by atoms with Gasteiger partial charge in [0, 0.05) is 17.3 Å². The summed E-state index contributed by atoms with van der Waals surface area (Å²) < 4.78 is 39.7. The number of halogens is 2. The number of rotatable bonds is 3. The number of hydrogen-bond donors (Lipinski definition) is 0. The molecule has 1 unspecified atom stereocenters. The number of nitrogens with zero attached hydrogens (tertiary/aromatic N) is 1. The Hall–Kier alpha value is -4.00. The van der Waals surface area contributed by atoms with Crippen LogP contribution < -0.4 is 15.1 Å². The van der Waals surface area contributed by atoms with Crippen LogP contribution in [0.25, 0.3) is 11.0 Å².